The third-order valence-corrected chi connectivity index (χ3v) is 1.02. The van der Waals surface area contributed by atoms with E-state index < -0.39 is 0 Å². The van der Waals surface area contributed by atoms with E-state index in [4.69, 9.17) is 4.74 Å². The quantitative estimate of drug-likeness (QED) is 0.331. The summed E-state index contributed by atoms with van der Waals surface area (Å²) in [6.07, 6.45) is 6.84. The molecule has 0 unspecified atom stereocenters. The zero-order valence-corrected chi connectivity index (χ0v) is 7.05. The van der Waals surface area contributed by atoms with E-state index >= 15 is 0 Å². The van der Waals surface area contributed by atoms with Gasteiger partial charge in [-0.3, -0.25) is 0 Å². The molecular weight excluding hydrogens is 124 g/mol. The van der Waals surface area contributed by atoms with Crippen molar-refractivity contribution in [2.45, 2.75) is 27.2 Å². The second kappa shape index (κ2) is 6.40. The van der Waals surface area contributed by atoms with Gasteiger partial charge in [-0.05, 0) is 26.3 Å². The lowest BCUT2D eigenvalue weighted by atomic mass is 10.3. The van der Waals surface area contributed by atoms with Crippen LogP contribution in [-0.2, 0) is 4.74 Å². The number of hydrogen-bond acceptors (Lipinski definition) is 1. The summed E-state index contributed by atoms with van der Waals surface area (Å²) in [5, 5.41) is 0. The molecule has 0 saturated heterocycles. The fraction of sp³-hybridized carbons (Fsp3) is 0.556. The number of rotatable bonds is 4. The van der Waals surface area contributed by atoms with Crippen molar-refractivity contribution in [3.63, 3.8) is 0 Å². The van der Waals surface area contributed by atoms with E-state index in [0.29, 0.717) is 6.61 Å². The van der Waals surface area contributed by atoms with Gasteiger partial charge in [-0.1, -0.05) is 18.6 Å². The second-order valence-corrected chi connectivity index (χ2v) is 2.39. The van der Waals surface area contributed by atoms with Crippen molar-refractivity contribution in [3.8, 4) is 0 Å². The minimum Gasteiger partial charge on any atom is -0.497 e. The topological polar surface area (TPSA) is 9.23 Å². The minimum absolute atomic E-state index is 0.693. The average molecular weight is 140 g/mol. The molecule has 0 heterocycles. The molecule has 10 heavy (non-hydrogen) atoms. The molecule has 0 rings (SSSR count). The molecule has 0 amide bonds. The van der Waals surface area contributed by atoms with Gasteiger partial charge in [-0.15, -0.1) is 0 Å². The zero-order chi connectivity index (χ0) is 7.82. The predicted molar refractivity (Wildman–Crippen MR) is 44.8 cm³/mol. The van der Waals surface area contributed by atoms with Gasteiger partial charge < -0.3 is 4.74 Å². The monoisotopic (exact) mass is 140 g/mol. The Balaban J connectivity index is 3.21. The van der Waals surface area contributed by atoms with Crippen molar-refractivity contribution < 1.29 is 4.74 Å². The van der Waals surface area contributed by atoms with E-state index in [0.717, 1.165) is 6.42 Å². The van der Waals surface area contributed by atoms with E-state index in [1.807, 2.05) is 6.08 Å². The third-order valence-electron chi connectivity index (χ3n) is 1.02. The van der Waals surface area contributed by atoms with Gasteiger partial charge in [0.15, 0.2) is 0 Å². The van der Waals surface area contributed by atoms with E-state index in [2.05, 4.69) is 26.8 Å². The molecule has 0 spiro atoms. The SMILES string of the molecule is CC/C=C/OCC=C(C)C. The van der Waals surface area contributed by atoms with Gasteiger partial charge in [-0.25, -0.2) is 0 Å². The number of allylic oxidation sites excluding steroid dienone is 2. The van der Waals surface area contributed by atoms with Crippen LogP contribution in [0, 0.1) is 0 Å². The van der Waals surface area contributed by atoms with Gasteiger partial charge in [0.05, 0.1) is 6.26 Å². The Morgan fingerprint density at radius 3 is 2.60 bits per heavy atom. The van der Waals surface area contributed by atoms with Crippen LogP contribution in [0.3, 0.4) is 0 Å². The number of ether oxygens (including phenoxy) is 1. The lowest BCUT2D eigenvalue weighted by Gasteiger charge is -1.93. The Morgan fingerprint density at radius 1 is 1.40 bits per heavy atom. The Labute approximate surface area is 63.4 Å². The highest BCUT2D eigenvalue weighted by molar-refractivity contribution is 4.93. The Bertz CT molecular complexity index is 119. The minimum atomic E-state index is 0.693. The molecule has 0 aromatic rings. The van der Waals surface area contributed by atoms with Crippen molar-refractivity contribution >= 4 is 0 Å². The molecule has 58 valence electrons. The Hall–Kier alpha value is -0.720. The molecule has 0 aliphatic rings. The van der Waals surface area contributed by atoms with Crippen LogP contribution < -0.4 is 0 Å². The summed E-state index contributed by atoms with van der Waals surface area (Å²) in [6, 6.07) is 0. The number of hydrogen-bond donors (Lipinski definition) is 0. The highest BCUT2D eigenvalue weighted by Crippen LogP contribution is 1.89. The van der Waals surface area contributed by atoms with Crippen LogP contribution in [0.25, 0.3) is 0 Å². The lowest BCUT2D eigenvalue weighted by molar-refractivity contribution is 0.288. The van der Waals surface area contributed by atoms with Crippen LogP contribution in [0.15, 0.2) is 24.0 Å². The van der Waals surface area contributed by atoms with E-state index in [1.54, 1.807) is 6.26 Å². The molecule has 0 N–H and O–H groups in total. The smallest absolute Gasteiger partial charge is 0.106 e. The average Bonchev–Trinajstić information content (AvgIpc) is 1.87. The molecule has 0 saturated carbocycles. The summed E-state index contributed by atoms with van der Waals surface area (Å²) in [5.41, 5.74) is 1.30. The van der Waals surface area contributed by atoms with Crippen molar-refractivity contribution in [1.29, 1.82) is 0 Å². The first-order valence-electron chi connectivity index (χ1n) is 3.67. The normalized spacial score (nSPS) is 9.90. The van der Waals surface area contributed by atoms with Crippen molar-refractivity contribution in [2.75, 3.05) is 6.61 Å². The fourth-order valence-corrected chi connectivity index (χ4v) is 0.435. The van der Waals surface area contributed by atoms with Crippen LogP contribution in [0.1, 0.15) is 27.2 Å². The lowest BCUT2D eigenvalue weighted by Crippen LogP contribution is -1.81. The predicted octanol–water partition coefficient (Wildman–Crippen LogP) is 2.89. The van der Waals surface area contributed by atoms with Crippen LogP contribution in [0.5, 0.6) is 0 Å². The third kappa shape index (κ3) is 7.28. The molecular formula is C9H16O. The molecule has 1 heteroatoms. The van der Waals surface area contributed by atoms with Crippen LogP contribution >= 0.6 is 0 Å². The Morgan fingerprint density at radius 2 is 2.10 bits per heavy atom. The molecule has 0 aliphatic heterocycles. The maximum absolute atomic E-state index is 5.13. The van der Waals surface area contributed by atoms with E-state index in [-0.39, 0.29) is 0 Å². The summed E-state index contributed by atoms with van der Waals surface area (Å²) < 4.78 is 5.13. The van der Waals surface area contributed by atoms with E-state index in [1.165, 1.54) is 5.57 Å². The van der Waals surface area contributed by atoms with Crippen molar-refractivity contribution in [3.05, 3.63) is 24.0 Å². The van der Waals surface area contributed by atoms with Crippen LogP contribution in [0.4, 0.5) is 0 Å². The highest BCUT2D eigenvalue weighted by atomic mass is 16.5. The van der Waals surface area contributed by atoms with Gasteiger partial charge in [-0.2, -0.15) is 0 Å². The summed E-state index contributed by atoms with van der Waals surface area (Å²) in [4.78, 5) is 0. The van der Waals surface area contributed by atoms with Crippen LogP contribution in [0.2, 0.25) is 0 Å². The zero-order valence-electron chi connectivity index (χ0n) is 7.05. The Kier molecular flexibility index (Phi) is 5.94. The largest absolute Gasteiger partial charge is 0.497 e. The van der Waals surface area contributed by atoms with E-state index in [9.17, 15) is 0 Å². The fourth-order valence-electron chi connectivity index (χ4n) is 0.435. The molecule has 0 atom stereocenters. The molecule has 0 fully saturated rings. The summed E-state index contributed by atoms with van der Waals surface area (Å²) in [7, 11) is 0. The first kappa shape index (κ1) is 9.28. The van der Waals surface area contributed by atoms with Crippen molar-refractivity contribution in [1.82, 2.24) is 0 Å². The van der Waals surface area contributed by atoms with Gasteiger partial charge in [0.2, 0.25) is 0 Å². The van der Waals surface area contributed by atoms with Gasteiger partial charge in [0.1, 0.15) is 6.61 Å². The molecule has 0 aliphatic carbocycles. The first-order valence-corrected chi connectivity index (χ1v) is 3.67. The maximum Gasteiger partial charge on any atom is 0.106 e. The highest BCUT2D eigenvalue weighted by Gasteiger charge is 1.75. The van der Waals surface area contributed by atoms with Gasteiger partial charge in [0.25, 0.3) is 0 Å². The molecule has 0 bridgehead atoms. The summed E-state index contributed by atoms with van der Waals surface area (Å²) in [6.45, 7) is 6.90. The second-order valence-electron chi connectivity index (χ2n) is 2.39. The maximum atomic E-state index is 5.13. The first-order chi connectivity index (χ1) is 4.77. The standard InChI is InChI=1S/C9H16O/c1-4-5-7-10-8-6-9(2)3/h5-7H,4,8H2,1-3H3/b7-5+. The molecule has 0 aromatic heterocycles. The van der Waals surface area contributed by atoms with Gasteiger partial charge in [0, 0.05) is 0 Å². The summed E-state index contributed by atoms with van der Waals surface area (Å²) >= 11 is 0. The van der Waals surface area contributed by atoms with Crippen molar-refractivity contribution in [2.24, 2.45) is 0 Å². The molecule has 0 radical (unpaired) electrons. The molecule has 1 nitrogen and oxygen atoms in total. The molecule has 0 aromatic carbocycles. The van der Waals surface area contributed by atoms with Crippen LogP contribution in [-0.4, -0.2) is 6.61 Å². The van der Waals surface area contributed by atoms with Gasteiger partial charge >= 0.3 is 0 Å². The summed E-state index contributed by atoms with van der Waals surface area (Å²) in [5.74, 6) is 0.